The van der Waals surface area contributed by atoms with Crippen molar-refractivity contribution in [2.45, 2.75) is 25.4 Å². The first kappa shape index (κ1) is 20.0. The van der Waals surface area contributed by atoms with Crippen LogP contribution in [0.5, 0.6) is 0 Å². The molecule has 0 saturated heterocycles. The van der Waals surface area contributed by atoms with E-state index in [1.54, 1.807) is 0 Å². The van der Waals surface area contributed by atoms with Crippen molar-refractivity contribution >= 4 is 29.2 Å². The minimum atomic E-state index is -4.65. The largest absolute Gasteiger partial charge is 0.481 e. The molecule has 0 fully saturated rings. The molecule has 0 aromatic carbocycles. The van der Waals surface area contributed by atoms with Crippen molar-refractivity contribution in [2.24, 2.45) is 0 Å². The average molecular weight is 408 g/mol. The third-order valence-corrected chi connectivity index (χ3v) is 3.90. The highest BCUT2D eigenvalue weighted by Crippen LogP contribution is 2.34. The van der Waals surface area contributed by atoms with Gasteiger partial charge in [-0.3, -0.25) is 9.59 Å². The fraction of sp³-hybridized carbons (Fsp3) is 0.235. The number of fused-ring (bicyclic) bond motifs is 1. The summed E-state index contributed by atoms with van der Waals surface area (Å²) in [6, 6.07) is 3.85. The molecule has 9 nitrogen and oxygen atoms in total. The van der Waals surface area contributed by atoms with Gasteiger partial charge in [-0.15, -0.1) is 0 Å². The van der Waals surface area contributed by atoms with Gasteiger partial charge in [-0.2, -0.15) is 18.3 Å². The van der Waals surface area contributed by atoms with Gasteiger partial charge in [-0.05, 0) is 24.6 Å². The molecule has 152 valence electrons. The lowest BCUT2D eigenvalue weighted by atomic mass is 10.1. The van der Waals surface area contributed by atoms with Crippen LogP contribution in [0.3, 0.4) is 0 Å². The molecule has 1 amide bonds. The molecular weight excluding hydrogens is 393 g/mol. The lowest BCUT2D eigenvalue weighted by Crippen LogP contribution is -2.12. The first-order chi connectivity index (χ1) is 13.6. The summed E-state index contributed by atoms with van der Waals surface area (Å²) in [7, 11) is 0. The van der Waals surface area contributed by atoms with Gasteiger partial charge in [0.15, 0.2) is 11.5 Å². The number of aliphatic carboxylic acids is 1. The number of rotatable bonds is 6. The zero-order valence-electron chi connectivity index (χ0n) is 14.8. The number of nitrogen functional groups attached to an aromatic ring is 1. The van der Waals surface area contributed by atoms with Gasteiger partial charge >= 0.3 is 12.1 Å². The molecule has 3 aromatic heterocycles. The second kappa shape index (κ2) is 7.73. The number of hydrogen-bond donors (Lipinski definition) is 3. The predicted molar refractivity (Wildman–Crippen MR) is 95.7 cm³/mol. The molecule has 0 aliphatic rings. The van der Waals surface area contributed by atoms with E-state index in [0.717, 1.165) is 6.07 Å². The number of carboxylic acids is 1. The lowest BCUT2D eigenvalue weighted by Gasteiger charge is -2.10. The minimum absolute atomic E-state index is 0.0101. The number of carboxylic acid groups (broad SMARTS) is 1. The molecule has 0 atom stereocenters. The Bertz CT molecular complexity index is 1080. The maximum atomic E-state index is 13.0. The zero-order chi connectivity index (χ0) is 21.2. The normalized spacial score (nSPS) is 11.6. The van der Waals surface area contributed by atoms with Gasteiger partial charge in [-0.1, -0.05) is 0 Å². The molecular formula is C17H15F3N6O3. The number of halogens is 3. The summed E-state index contributed by atoms with van der Waals surface area (Å²) >= 11 is 0. The van der Waals surface area contributed by atoms with E-state index in [4.69, 9.17) is 10.8 Å². The maximum Gasteiger partial charge on any atom is 0.419 e. The molecule has 0 saturated carbocycles. The van der Waals surface area contributed by atoms with Crippen LogP contribution in [0.25, 0.3) is 16.9 Å². The fourth-order valence-corrected chi connectivity index (χ4v) is 2.54. The quantitative estimate of drug-likeness (QED) is 0.570. The molecule has 29 heavy (non-hydrogen) atoms. The number of hydrogen-bond acceptors (Lipinski definition) is 6. The Morgan fingerprint density at radius 1 is 1.24 bits per heavy atom. The van der Waals surface area contributed by atoms with E-state index in [1.807, 2.05) is 0 Å². The second-order valence-electron chi connectivity index (χ2n) is 6.10. The van der Waals surface area contributed by atoms with Gasteiger partial charge in [0.05, 0.1) is 17.5 Å². The van der Waals surface area contributed by atoms with Crippen LogP contribution in [-0.2, 0) is 15.8 Å². The molecule has 0 bridgehead atoms. The van der Waals surface area contributed by atoms with E-state index >= 15 is 0 Å². The molecule has 3 heterocycles. The van der Waals surface area contributed by atoms with E-state index in [9.17, 15) is 22.8 Å². The van der Waals surface area contributed by atoms with E-state index in [-0.39, 0.29) is 36.3 Å². The fourth-order valence-electron chi connectivity index (χ4n) is 2.54. The second-order valence-corrected chi connectivity index (χ2v) is 6.10. The number of amides is 1. The number of carbonyl (C=O) groups is 2. The third-order valence-electron chi connectivity index (χ3n) is 3.90. The van der Waals surface area contributed by atoms with Crippen molar-refractivity contribution in [2.75, 3.05) is 11.1 Å². The van der Waals surface area contributed by atoms with Crippen LogP contribution in [0.2, 0.25) is 0 Å². The number of nitrogens with one attached hydrogen (secondary N) is 1. The van der Waals surface area contributed by atoms with E-state index in [2.05, 4.69) is 20.4 Å². The standard InChI is InChI=1S/C17H15F3N6O3/c18-17(19,20)10-6-9(7-22-16(10)21)11-4-5-13-23-12(8-26(13)25-11)24-14(27)2-1-3-15(28)29/h4-8H,1-3H2,(H2,21,22)(H,24,27)(H,28,29). The number of carbonyl (C=O) groups excluding carboxylic acids is 1. The third kappa shape index (κ3) is 4.78. The van der Waals surface area contributed by atoms with Gasteiger partial charge < -0.3 is 16.2 Å². The van der Waals surface area contributed by atoms with Crippen molar-refractivity contribution in [3.63, 3.8) is 0 Å². The monoisotopic (exact) mass is 408 g/mol. The summed E-state index contributed by atoms with van der Waals surface area (Å²) in [6.45, 7) is 0. The maximum absolute atomic E-state index is 13.0. The van der Waals surface area contributed by atoms with Gasteiger partial charge in [-0.25, -0.2) is 14.5 Å². The van der Waals surface area contributed by atoms with Crippen molar-refractivity contribution in [3.05, 3.63) is 36.2 Å². The molecule has 4 N–H and O–H groups in total. The Morgan fingerprint density at radius 2 is 2.00 bits per heavy atom. The highest BCUT2D eigenvalue weighted by molar-refractivity contribution is 5.90. The first-order valence-electron chi connectivity index (χ1n) is 8.34. The van der Waals surface area contributed by atoms with Crippen molar-refractivity contribution in [1.29, 1.82) is 0 Å². The lowest BCUT2D eigenvalue weighted by molar-refractivity contribution is -0.138. The predicted octanol–water partition coefficient (Wildman–Crippen LogP) is 2.59. The summed E-state index contributed by atoms with van der Waals surface area (Å²) in [4.78, 5) is 30.0. The highest BCUT2D eigenvalue weighted by atomic mass is 19.4. The summed E-state index contributed by atoms with van der Waals surface area (Å²) in [5, 5.41) is 15.3. The Morgan fingerprint density at radius 3 is 2.69 bits per heavy atom. The first-order valence-corrected chi connectivity index (χ1v) is 8.34. The SMILES string of the molecule is Nc1ncc(-c2ccc3nc(NC(=O)CCCC(=O)O)cn3n2)cc1C(F)(F)F. The van der Waals surface area contributed by atoms with Crippen molar-refractivity contribution in [3.8, 4) is 11.3 Å². The topological polar surface area (TPSA) is 136 Å². The van der Waals surface area contributed by atoms with Crippen LogP contribution >= 0.6 is 0 Å². The summed E-state index contributed by atoms with van der Waals surface area (Å²) in [6.07, 6.45) is -2.01. The van der Waals surface area contributed by atoms with Crippen LogP contribution in [-0.4, -0.2) is 36.6 Å². The molecule has 0 unspecified atom stereocenters. The van der Waals surface area contributed by atoms with Crippen LogP contribution in [0.1, 0.15) is 24.8 Å². The van der Waals surface area contributed by atoms with Crippen molar-refractivity contribution < 1.29 is 27.9 Å². The molecule has 0 aliphatic heterocycles. The van der Waals surface area contributed by atoms with Gasteiger partial charge in [0.2, 0.25) is 5.91 Å². The molecule has 3 rings (SSSR count). The molecule has 3 aromatic rings. The number of nitrogens with zero attached hydrogens (tertiary/aromatic N) is 4. The van der Waals surface area contributed by atoms with Gasteiger partial charge in [0, 0.05) is 24.6 Å². The highest BCUT2D eigenvalue weighted by Gasteiger charge is 2.34. The Kier molecular flexibility index (Phi) is 5.35. The van der Waals surface area contributed by atoms with Gasteiger partial charge in [0.25, 0.3) is 0 Å². The average Bonchev–Trinajstić information content (AvgIpc) is 3.02. The summed E-state index contributed by atoms with van der Waals surface area (Å²) in [5.74, 6) is -1.85. The Hall–Kier alpha value is -3.70. The summed E-state index contributed by atoms with van der Waals surface area (Å²) in [5.41, 5.74) is 4.92. The number of nitrogens with two attached hydrogens (primary N) is 1. The van der Waals surface area contributed by atoms with E-state index < -0.39 is 29.4 Å². The number of anilines is 2. The van der Waals surface area contributed by atoms with Crippen LogP contribution in [0.4, 0.5) is 24.8 Å². The van der Waals surface area contributed by atoms with Gasteiger partial charge in [0.1, 0.15) is 5.82 Å². The smallest absolute Gasteiger partial charge is 0.419 e. The number of alkyl halides is 3. The minimum Gasteiger partial charge on any atom is -0.481 e. The van der Waals surface area contributed by atoms with E-state index in [0.29, 0.717) is 5.65 Å². The number of imidazole rings is 1. The number of pyridine rings is 1. The van der Waals surface area contributed by atoms with Crippen LogP contribution in [0, 0.1) is 0 Å². The molecule has 0 radical (unpaired) electrons. The van der Waals surface area contributed by atoms with Crippen LogP contribution in [0.15, 0.2) is 30.6 Å². The number of aromatic nitrogens is 4. The zero-order valence-corrected chi connectivity index (χ0v) is 14.8. The molecule has 0 spiro atoms. The van der Waals surface area contributed by atoms with Crippen molar-refractivity contribution in [1.82, 2.24) is 19.6 Å². The molecule has 0 aliphatic carbocycles. The Labute approximate surface area is 161 Å². The molecule has 12 heteroatoms. The summed E-state index contributed by atoms with van der Waals surface area (Å²) < 4.78 is 40.4. The van der Waals surface area contributed by atoms with E-state index in [1.165, 1.54) is 29.0 Å². The Balaban J connectivity index is 1.81. The van der Waals surface area contributed by atoms with Crippen LogP contribution < -0.4 is 11.1 Å².